The molecule has 0 saturated carbocycles. The van der Waals surface area contributed by atoms with Crippen LogP contribution in [0.2, 0.25) is 0 Å². The van der Waals surface area contributed by atoms with Crippen LogP contribution < -0.4 is 5.73 Å². The van der Waals surface area contributed by atoms with E-state index in [1.54, 1.807) is 12.1 Å². The quantitative estimate of drug-likeness (QED) is 0.805. The summed E-state index contributed by atoms with van der Waals surface area (Å²) in [4.78, 5) is 14.8. The number of hydrogen-bond acceptors (Lipinski definition) is 2. The fourth-order valence-corrected chi connectivity index (χ4v) is 2.66. The number of aromatic amines is 1. The van der Waals surface area contributed by atoms with E-state index in [-0.39, 0.29) is 5.41 Å². The second-order valence-electron chi connectivity index (χ2n) is 6.27. The van der Waals surface area contributed by atoms with Gasteiger partial charge in [-0.05, 0) is 48.6 Å². The maximum absolute atomic E-state index is 11.4. The first-order valence-corrected chi connectivity index (χ1v) is 6.84. The second kappa shape index (κ2) is 4.94. The molecule has 0 bridgehead atoms. The van der Waals surface area contributed by atoms with Crippen molar-refractivity contribution >= 4 is 16.9 Å². The Morgan fingerprint density at radius 3 is 2.50 bits per heavy atom. The van der Waals surface area contributed by atoms with E-state index in [9.17, 15) is 9.90 Å². The summed E-state index contributed by atoms with van der Waals surface area (Å²) < 4.78 is 0. The molecule has 20 heavy (non-hydrogen) atoms. The van der Waals surface area contributed by atoms with Crippen LogP contribution in [-0.2, 0) is 11.8 Å². The van der Waals surface area contributed by atoms with Crippen molar-refractivity contribution in [1.29, 1.82) is 0 Å². The number of benzene rings is 1. The van der Waals surface area contributed by atoms with Crippen molar-refractivity contribution in [3.63, 3.8) is 0 Å². The molecule has 0 aliphatic heterocycles. The molecule has 4 heteroatoms. The van der Waals surface area contributed by atoms with Crippen molar-refractivity contribution in [2.24, 2.45) is 5.73 Å². The average molecular weight is 274 g/mol. The molecule has 0 fully saturated rings. The molecule has 0 aliphatic carbocycles. The first-order chi connectivity index (χ1) is 9.25. The van der Waals surface area contributed by atoms with Crippen molar-refractivity contribution < 1.29 is 9.90 Å². The fourth-order valence-electron chi connectivity index (χ4n) is 2.66. The molecule has 0 spiro atoms. The Bertz CT molecular complexity index is 663. The summed E-state index contributed by atoms with van der Waals surface area (Å²) in [5.41, 5.74) is 10.1. The van der Waals surface area contributed by atoms with E-state index < -0.39 is 5.97 Å². The van der Waals surface area contributed by atoms with E-state index >= 15 is 0 Å². The van der Waals surface area contributed by atoms with E-state index in [4.69, 9.17) is 5.73 Å². The van der Waals surface area contributed by atoms with E-state index in [1.165, 1.54) is 0 Å². The summed E-state index contributed by atoms with van der Waals surface area (Å²) in [6, 6.07) is 3.52. The molecule has 0 aliphatic rings. The zero-order chi connectivity index (χ0) is 15.1. The molecule has 0 unspecified atom stereocenters. The van der Waals surface area contributed by atoms with Crippen molar-refractivity contribution in [2.75, 3.05) is 6.54 Å². The standard InChI is InChI=1S/C16H22N2O2/c1-9-11(5-6-17)12-7-10(15(19)20)8-13(14(12)18-9)16(2,3)4/h7-8,18H,5-6,17H2,1-4H3,(H,19,20). The Labute approximate surface area is 119 Å². The lowest BCUT2D eigenvalue weighted by Gasteiger charge is -2.20. The zero-order valence-corrected chi connectivity index (χ0v) is 12.5. The van der Waals surface area contributed by atoms with Gasteiger partial charge in [0.15, 0.2) is 0 Å². The highest BCUT2D eigenvalue weighted by Gasteiger charge is 2.22. The van der Waals surface area contributed by atoms with Crippen LogP contribution in [0.3, 0.4) is 0 Å². The minimum Gasteiger partial charge on any atom is -0.478 e. The summed E-state index contributed by atoms with van der Waals surface area (Å²) in [5, 5.41) is 10.3. The number of carboxylic acid groups (broad SMARTS) is 1. The lowest BCUT2D eigenvalue weighted by Crippen LogP contribution is -2.13. The smallest absolute Gasteiger partial charge is 0.335 e. The monoisotopic (exact) mass is 274 g/mol. The molecule has 2 aromatic rings. The van der Waals surface area contributed by atoms with Crippen LogP contribution in [0.25, 0.3) is 10.9 Å². The molecule has 4 N–H and O–H groups in total. The number of nitrogens with two attached hydrogens (primary N) is 1. The summed E-state index contributed by atoms with van der Waals surface area (Å²) in [7, 11) is 0. The molecule has 2 rings (SSSR count). The zero-order valence-electron chi connectivity index (χ0n) is 12.5. The van der Waals surface area contributed by atoms with Crippen LogP contribution in [0.5, 0.6) is 0 Å². The summed E-state index contributed by atoms with van der Waals surface area (Å²) in [6.07, 6.45) is 0.749. The van der Waals surface area contributed by atoms with Gasteiger partial charge in [0.2, 0.25) is 0 Å². The predicted octanol–water partition coefficient (Wildman–Crippen LogP) is 2.97. The van der Waals surface area contributed by atoms with Crippen LogP contribution in [0, 0.1) is 6.92 Å². The topological polar surface area (TPSA) is 79.1 Å². The Morgan fingerprint density at radius 1 is 1.35 bits per heavy atom. The number of hydrogen-bond donors (Lipinski definition) is 3. The molecule has 108 valence electrons. The molecular formula is C16H22N2O2. The third-order valence-electron chi connectivity index (χ3n) is 3.68. The maximum atomic E-state index is 11.4. The Hall–Kier alpha value is -1.81. The Kier molecular flexibility index (Phi) is 3.61. The number of aromatic nitrogens is 1. The average Bonchev–Trinajstić information content (AvgIpc) is 2.64. The van der Waals surface area contributed by atoms with Gasteiger partial charge in [-0.1, -0.05) is 20.8 Å². The van der Waals surface area contributed by atoms with Gasteiger partial charge in [-0.2, -0.15) is 0 Å². The van der Waals surface area contributed by atoms with Gasteiger partial charge in [0.25, 0.3) is 0 Å². The number of fused-ring (bicyclic) bond motifs is 1. The summed E-state index contributed by atoms with van der Waals surface area (Å²) in [6.45, 7) is 8.83. The number of carbonyl (C=O) groups is 1. The van der Waals surface area contributed by atoms with Gasteiger partial charge >= 0.3 is 5.97 Å². The van der Waals surface area contributed by atoms with Crippen molar-refractivity contribution in [2.45, 2.75) is 39.5 Å². The molecule has 0 radical (unpaired) electrons. The molecule has 1 aromatic carbocycles. The molecule has 4 nitrogen and oxygen atoms in total. The van der Waals surface area contributed by atoms with E-state index in [0.717, 1.165) is 34.1 Å². The van der Waals surface area contributed by atoms with Crippen molar-refractivity contribution in [1.82, 2.24) is 4.98 Å². The van der Waals surface area contributed by atoms with Crippen LogP contribution in [-0.4, -0.2) is 22.6 Å². The van der Waals surface area contributed by atoms with Crippen LogP contribution >= 0.6 is 0 Å². The molecule has 0 saturated heterocycles. The summed E-state index contributed by atoms with van der Waals surface area (Å²) in [5.74, 6) is -0.894. The minimum atomic E-state index is -0.894. The largest absolute Gasteiger partial charge is 0.478 e. The molecule has 1 heterocycles. The van der Waals surface area contributed by atoms with Gasteiger partial charge in [0.1, 0.15) is 0 Å². The Balaban J connectivity index is 2.84. The van der Waals surface area contributed by atoms with Gasteiger partial charge < -0.3 is 15.8 Å². The SMILES string of the molecule is Cc1[nH]c2c(C(C)(C)C)cc(C(=O)O)cc2c1CCN. The van der Waals surface area contributed by atoms with Crippen LogP contribution in [0.1, 0.15) is 48.0 Å². The van der Waals surface area contributed by atoms with Gasteiger partial charge in [0, 0.05) is 16.6 Å². The molecular weight excluding hydrogens is 252 g/mol. The fraction of sp³-hybridized carbons (Fsp3) is 0.438. The third kappa shape index (κ3) is 2.43. The normalized spacial score (nSPS) is 12.1. The van der Waals surface area contributed by atoms with E-state index in [2.05, 4.69) is 25.8 Å². The highest BCUT2D eigenvalue weighted by Crippen LogP contribution is 2.34. The predicted molar refractivity (Wildman–Crippen MR) is 81.5 cm³/mol. The third-order valence-corrected chi connectivity index (χ3v) is 3.68. The minimum absolute atomic E-state index is 0.124. The highest BCUT2D eigenvalue weighted by molar-refractivity contribution is 5.97. The number of carboxylic acids is 1. The second-order valence-corrected chi connectivity index (χ2v) is 6.27. The van der Waals surface area contributed by atoms with Crippen LogP contribution in [0.15, 0.2) is 12.1 Å². The van der Waals surface area contributed by atoms with Gasteiger partial charge in [-0.15, -0.1) is 0 Å². The van der Waals surface area contributed by atoms with E-state index in [0.29, 0.717) is 12.1 Å². The maximum Gasteiger partial charge on any atom is 0.335 e. The first kappa shape index (κ1) is 14.6. The number of nitrogens with one attached hydrogen (secondary N) is 1. The molecule has 1 aromatic heterocycles. The lowest BCUT2D eigenvalue weighted by molar-refractivity contribution is 0.0697. The molecule has 0 amide bonds. The van der Waals surface area contributed by atoms with Crippen LogP contribution in [0.4, 0.5) is 0 Å². The number of rotatable bonds is 3. The summed E-state index contributed by atoms with van der Waals surface area (Å²) >= 11 is 0. The number of H-pyrrole nitrogens is 1. The number of aryl methyl sites for hydroxylation is 1. The first-order valence-electron chi connectivity index (χ1n) is 6.84. The van der Waals surface area contributed by atoms with Gasteiger partial charge in [-0.25, -0.2) is 4.79 Å². The molecule has 0 atom stereocenters. The van der Waals surface area contributed by atoms with Gasteiger partial charge in [0.05, 0.1) is 5.56 Å². The van der Waals surface area contributed by atoms with Gasteiger partial charge in [-0.3, -0.25) is 0 Å². The van der Waals surface area contributed by atoms with Crippen molar-refractivity contribution in [3.8, 4) is 0 Å². The van der Waals surface area contributed by atoms with Crippen molar-refractivity contribution in [3.05, 3.63) is 34.5 Å². The number of aromatic carboxylic acids is 1. The van der Waals surface area contributed by atoms with E-state index in [1.807, 2.05) is 6.92 Å². The lowest BCUT2D eigenvalue weighted by atomic mass is 9.84. The Morgan fingerprint density at radius 2 is 2.00 bits per heavy atom. The highest BCUT2D eigenvalue weighted by atomic mass is 16.4.